The van der Waals surface area contributed by atoms with Gasteiger partial charge in [0.25, 0.3) is 5.22 Å². The van der Waals surface area contributed by atoms with E-state index in [0.717, 1.165) is 39.5 Å². The molecule has 0 amide bonds. The minimum absolute atomic E-state index is 0.0683. The van der Waals surface area contributed by atoms with E-state index in [1.807, 2.05) is 55.5 Å². The summed E-state index contributed by atoms with van der Waals surface area (Å²) in [4.78, 5) is 12.3. The lowest BCUT2D eigenvalue weighted by molar-refractivity contribution is -0.131. The first-order valence-electron chi connectivity index (χ1n) is 10.9. The van der Waals surface area contributed by atoms with E-state index in [9.17, 15) is 9.90 Å². The second kappa shape index (κ2) is 10.2. The van der Waals surface area contributed by atoms with Crippen molar-refractivity contribution >= 4 is 57.9 Å². The minimum Gasteiger partial charge on any atom is -0.477 e. The van der Waals surface area contributed by atoms with Crippen LogP contribution in [0.25, 0.3) is 28.4 Å². The Hall–Kier alpha value is -3.52. The highest BCUT2D eigenvalue weighted by atomic mass is 35.5. The maximum Gasteiger partial charge on any atom is 0.342 e. The molecule has 0 saturated carbocycles. The van der Waals surface area contributed by atoms with Crippen LogP contribution in [0.15, 0.2) is 87.3 Å². The largest absolute Gasteiger partial charge is 0.477 e. The van der Waals surface area contributed by atoms with Crippen molar-refractivity contribution in [3.05, 3.63) is 105 Å². The Morgan fingerprint density at radius 2 is 1.67 bits per heavy atom. The molecule has 1 N–H and O–H groups in total. The first-order valence-corrected chi connectivity index (χ1v) is 12.5. The van der Waals surface area contributed by atoms with Gasteiger partial charge in [-0.3, -0.25) is 0 Å². The van der Waals surface area contributed by atoms with E-state index in [-0.39, 0.29) is 16.0 Å². The summed E-state index contributed by atoms with van der Waals surface area (Å²) in [5.41, 5.74) is 4.56. The number of aromatic nitrogens is 3. The highest BCUT2D eigenvalue weighted by molar-refractivity contribution is 8.03. The van der Waals surface area contributed by atoms with Gasteiger partial charge in [0.1, 0.15) is 4.91 Å². The van der Waals surface area contributed by atoms with Gasteiger partial charge in [-0.05, 0) is 72.8 Å². The summed E-state index contributed by atoms with van der Waals surface area (Å²) in [7, 11) is 0. The van der Waals surface area contributed by atoms with E-state index in [1.165, 1.54) is 0 Å². The Bertz CT molecular complexity index is 1590. The molecule has 5 rings (SSSR count). The highest BCUT2D eigenvalue weighted by Crippen LogP contribution is 2.34. The number of carboxylic acid groups (broad SMARTS) is 1. The van der Waals surface area contributed by atoms with Crippen molar-refractivity contribution < 1.29 is 14.3 Å². The fraction of sp³-hybridized carbons (Fsp3) is 0.0741. The molecule has 0 spiro atoms. The molecule has 0 atom stereocenters. The number of carbonyl (C=O) groups is 1. The molecule has 0 unspecified atom stereocenters. The molecule has 6 nitrogen and oxygen atoms in total. The van der Waals surface area contributed by atoms with Crippen LogP contribution in [0.1, 0.15) is 16.8 Å². The Labute approximate surface area is 221 Å². The number of hydrogen-bond acceptors (Lipinski definition) is 5. The smallest absolute Gasteiger partial charge is 0.342 e. The molecule has 0 aliphatic rings. The summed E-state index contributed by atoms with van der Waals surface area (Å²) in [5.74, 6) is -0.796. The zero-order valence-corrected chi connectivity index (χ0v) is 21.3. The molecule has 0 aliphatic carbocycles. The van der Waals surface area contributed by atoms with Crippen LogP contribution in [0, 0.1) is 6.92 Å². The van der Waals surface area contributed by atoms with Gasteiger partial charge in [0.05, 0.1) is 0 Å². The number of carboxylic acids is 1. The van der Waals surface area contributed by atoms with E-state index in [4.69, 9.17) is 27.6 Å². The summed E-state index contributed by atoms with van der Waals surface area (Å²) >= 11 is 12.9. The maximum atomic E-state index is 12.2. The molecule has 2 aromatic heterocycles. The number of thioether (sulfide) groups is 1. The molecule has 0 saturated heterocycles. The second-order valence-electron chi connectivity index (χ2n) is 8.02. The summed E-state index contributed by atoms with van der Waals surface area (Å²) in [6, 6.07) is 22.6. The lowest BCUT2D eigenvalue weighted by atomic mass is 10.1. The van der Waals surface area contributed by atoms with E-state index < -0.39 is 5.97 Å². The zero-order valence-electron chi connectivity index (χ0n) is 19.0. The molecular weight excluding hydrogens is 517 g/mol. The minimum atomic E-state index is -1.08. The van der Waals surface area contributed by atoms with Crippen LogP contribution in [0.4, 0.5) is 0 Å². The SMILES string of the molecule is Cc1c(/C=C(\Sc2nnc(-c3ccc(Cl)cc3)o2)C(=O)O)c2ccccc2n1Cc1ccc(Cl)cc1. The topological polar surface area (TPSA) is 81.2 Å². The zero-order chi connectivity index (χ0) is 25.2. The van der Waals surface area contributed by atoms with Crippen LogP contribution in [-0.2, 0) is 11.3 Å². The van der Waals surface area contributed by atoms with Crippen LogP contribution in [-0.4, -0.2) is 25.8 Å². The van der Waals surface area contributed by atoms with Crippen LogP contribution in [0.3, 0.4) is 0 Å². The van der Waals surface area contributed by atoms with Crippen molar-refractivity contribution in [3.8, 4) is 11.5 Å². The van der Waals surface area contributed by atoms with Crippen LogP contribution < -0.4 is 0 Å². The fourth-order valence-corrected chi connectivity index (χ4v) is 4.84. The van der Waals surface area contributed by atoms with Gasteiger partial charge in [-0.2, -0.15) is 0 Å². The Morgan fingerprint density at radius 3 is 2.36 bits per heavy atom. The lowest BCUT2D eigenvalue weighted by Gasteiger charge is -2.09. The first kappa shape index (κ1) is 24.2. The summed E-state index contributed by atoms with van der Waals surface area (Å²) in [6.07, 6.45) is 1.66. The number of nitrogens with zero attached hydrogens (tertiary/aromatic N) is 3. The number of fused-ring (bicyclic) bond motifs is 1. The third-order valence-electron chi connectivity index (χ3n) is 5.71. The van der Waals surface area contributed by atoms with E-state index >= 15 is 0 Å². The highest BCUT2D eigenvalue weighted by Gasteiger charge is 2.19. The van der Waals surface area contributed by atoms with Crippen LogP contribution in [0.5, 0.6) is 0 Å². The summed E-state index contributed by atoms with van der Waals surface area (Å²) < 4.78 is 7.88. The van der Waals surface area contributed by atoms with Gasteiger partial charge in [-0.1, -0.05) is 53.5 Å². The predicted molar refractivity (Wildman–Crippen MR) is 143 cm³/mol. The summed E-state index contributed by atoms with van der Waals surface area (Å²) in [6.45, 7) is 2.61. The van der Waals surface area contributed by atoms with Gasteiger partial charge in [0, 0.05) is 44.3 Å². The van der Waals surface area contributed by atoms with Crippen molar-refractivity contribution in [2.24, 2.45) is 0 Å². The third-order valence-corrected chi connectivity index (χ3v) is 7.07. The van der Waals surface area contributed by atoms with Crippen LogP contribution in [0.2, 0.25) is 10.0 Å². The number of rotatable bonds is 7. The number of benzene rings is 3. The predicted octanol–water partition coefficient (Wildman–Crippen LogP) is 7.57. The number of aliphatic carboxylic acids is 1. The lowest BCUT2D eigenvalue weighted by Crippen LogP contribution is -2.02. The van der Waals surface area contributed by atoms with Gasteiger partial charge < -0.3 is 14.1 Å². The van der Waals surface area contributed by atoms with Gasteiger partial charge >= 0.3 is 5.97 Å². The number of para-hydroxylation sites is 1. The standard InChI is InChI=1S/C27H19Cl2N3O3S/c1-16-22(21-4-2-3-5-23(21)32(16)15-17-6-10-19(28)11-7-17)14-24(26(33)34)36-27-31-30-25(35-27)18-8-12-20(29)13-9-18/h2-14H,15H2,1H3,(H,33,34)/b24-14-. The van der Waals surface area contributed by atoms with Crippen molar-refractivity contribution in [2.75, 3.05) is 0 Å². The third kappa shape index (κ3) is 5.04. The number of hydrogen-bond donors (Lipinski definition) is 1. The van der Waals surface area contributed by atoms with Crippen LogP contribution >= 0.6 is 35.0 Å². The molecule has 0 radical (unpaired) electrons. The second-order valence-corrected chi connectivity index (χ2v) is 9.89. The molecule has 180 valence electrons. The first-order chi connectivity index (χ1) is 17.4. The van der Waals surface area contributed by atoms with E-state index in [1.54, 1.807) is 30.3 Å². The van der Waals surface area contributed by atoms with Crippen molar-refractivity contribution in [1.82, 2.24) is 14.8 Å². The van der Waals surface area contributed by atoms with Crippen molar-refractivity contribution in [2.45, 2.75) is 18.7 Å². The Morgan fingerprint density at radius 1 is 1.00 bits per heavy atom. The summed E-state index contributed by atoms with van der Waals surface area (Å²) in [5, 5.41) is 20.4. The van der Waals surface area contributed by atoms with Gasteiger partial charge in [-0.25, -0.2) is 4.79 Å². The molecule has 9 heteroatoms. The molecule has 0 aliphatic heterocycles. The molecule has 0 bridgehead atoms. The number of halogens is 2. The Balaban J connectivity index is 1.50. The molecular formula is C27H19Cl2N3O3S. The van der Waals surface area contributed by atoms with Crippen molar-refractivity contribution in [3.63, 3.8) is 0 Å². The molecule has 36 heavy (non-hydrogen) atoms. The fourth-order valence-electron chi connectivity index (χ4n) is 3.94. The molecule has 5 aromatic rings. The average Bonchev–Trinajstić information content (AvgIpc) is 3.44. The van der Waals surface area contributed by atoms with E-state index in [0.29, 0.717) is 22.2 Å². The monoisotopic (exact) mass is 535 g/mol. The maximum absolute atomic E-state index is 12.2. The van der Waals surface area contributed by atoms with Gasteiger partial charge in [0.2, 0.25) is 5.89 Å². The quantitative estimate of drug-likeness (QED) is 0.171. The normalized spacial score (nSPS) is 11.8. The molecule has 2 heterocycles. The average molecular weight is 536 g/mol. The Kier molecular flexibility index (Phi) is 6.87. The van der Waals surface area contributed by atoms with Crippen molar-refractivity contribution in [1.29, 1.82) is 0 Å². The molecule has 0 fully saturated rings. The van der Waals surface area contributed by atoms with E-state index in [2.05, 4.69) is 14.8 Å². The molecule has 3 aromatic carbocycles. The van der Waals surface area contributed by atoms with Gasteiger partial charge in [0.15, 0.2) is 0 Å². The van der Waals surface area contributed by atoms with Gasteiger partial charge in [-0.15, -0.1) is 10.2 Å².